The Balaban J connectivity index is 1.76. The van der Waals surface area contributed by atoms with Crippen LogP contribution in [0, 0.1) is 5.92 Å². The van der Waals surface area contributed by atoms with Crippen LogP contribution in [0.25, 0.3) is 11.1 Å². The Labute approximate surface area is 149 Å². The van der Waals surface area contributed by atoms with E-state index in [4.69, 9.17) is 9.84 Å². The first kappa shape index (κ1) is 17.5. The molecule has 3 rings (SSSR count). The molecule has 3 nitrogen and oxygen atoms in total. The van der Waals surface area contributed by atoms with Crippen molar-refractivity contribution in [2.24, 2.45) is 5.92 Å². The largest absolute Gasteiger partial charge is 0.493 e. The Kier molecular flexibility index (Phi) is 6.10. The van der Waals surface area contributed by atoms with E-state index in [-0.39, 0.29) is 6.42 Å². The molecule has 1 aliphatic rings. The fraction of sp³-hybridized carbons (Fsp3) is 0.409. The smallest absolute Gasteiger partial charge is 0.303 e. The minimum absolute atomic E-state index is 0.209. The fourth-order valence-electron chi connectivity index (χ4n) is 3.53. The third-order valence-corrected chi connectivity index (χ3v) is 4.93. The van der Waals surface area contributed by atoms with Gasteiger partial charge in [-0.3, -0.25) is 4.79 Å². The summed E-state index contributed by atoms with van der Waals surface area (Å²) in [5, 5.41) is 8.82. The van der Waals surface area contributed by atoms with Gasteiger partial charge in [0.05, 0.1) is 6.61 Å². The van der Waals surface area contributed by atoms with Gasteiger partial charge in [-0.25, -0.2) is 0 Å². The maximum atomic E-state index is 10.7. The number of aryl methyl sites for hydroxylation is 1. The lowest BCUT2D eigenvalue weighted by Crippen LogP contribution is -2.08. The van der Waals surface area contributed by atoms with Gasteiger partial charge in [-0.2, -0.15) is 0 Å². The van der Waals surface area contributed by atoms with Crippen LogP contribution in [-0.2, 0) is 11.2 Å². The lowest BCUT2D eigenvalue weighted by atomic mass is 9.99. The Morgan fingerprint density at radius 3 is 2.56 bits per heavy atom. The average molecular weight is 338 g/mol. The van der Waals surface area contributed by atoms with E-state index in [1.807, 2.05) is 24.3 Å². The molecule has 0 aromatic heterocycles. The molecule has 0 atom stereocenters. The number of carbonyl (C=O) groups is 1. The molecule has 1 saturated carbocycles. The van der Waals surface area contributed by atoms with Gasteiger partial charge in [-0.1, -0.05) is 49.2 Å². The van der Waals surface area contributed by atoms with Crippen molar-refractivity contribution >= 4 is 5.97 Å². The van der Waals surface area contributed by atoms with E-state index < -0.39 is 5.97 Å². The van der Waals surface area contributed by atoms with Crippen molar-refractivity contribution in [3.63, 3.8) is 0 Å². The van der Waals surface area contributed by atoms with E-state index in [0.29, 0.717) is 12.3 Å². The lowest BCUT2D eigenvalue weighted by Gasteiger charge is -2.16. The Morgan fingerprint density at radius 2 is 1.84 bits per heavy atom. The quantitative estimate of drug-likeness (QED) is 0.707. The number of rotatable bonds is 8. The molecule has 0 amide bonds. The molecular formula is C22H26O3. The van der Waals surface area contributed by atoms with Crippen molar-refractivity contribution in [2.75, 3.05) is 6.61 Å². The highest BCUT2D eigenvalue weighted by Gasteiger charge is 2.17. The molecular weight excluding hydrogens is 312 g/mol. The van der Waals surface area contributed by atoms with Gasteiger partial charge in [0.25, 0.3) is 0 Å². The van der Waals surface area contributed by atoms with E-state index in [1.54, 1.807) is 0 Å². The average Bonchev–Trinajstić information content (AvgIpc) is 3.14. The van der Waals surface area contributed by atoms with Crippen LogP contribution in [0.4, 0.5) is 0 Å². The second-order valence-corrected chi connectivity index (χ2v) is 6.91. The van der Waals surface area contributed by atoms with Crippen molar-refractivity contribution in [2.45, 2.75) is 44.9 Å². The maximum Gasteiger partial charge on any atom is 0.303 e. The summed E-state index contributed by atoms with van der Waals surface area (Å²) in [6.07, 6.45) is 6.83. The van der Waals surface area contributed by atoms with Crippen LogP contribution in [0.3, 0.4) is 0 Å². The molecule has 0 spiro atoms. The second kappa shape index (κ2) is 8.70. The third kappa shape index (κ3) is 5.09. The Hall–Kier alpha value is -2.29. The SMILES string of the molecule is O=C(O)CCCc1ccc(OCC2CCCC2)c(-c2ccccc2)c1. The number of ether oxygens (including phenoxy) is 1. The summed E-state index contributed by atoms with van der Waals surface area (Å²) in [4.78, 5) is 10.7. The van der Waals surface area contributed by atoms with E-state index in [2.05, 4.69) is 24.3 Å². The third-order valence-electron chi connectivity index (χ3n) is 4.93. The first-order valence-corrected chi connectivity index (χ1v) is 9.25. The summed E-state index contributed by atoms with van der Waals surface area (Å²) in [6, 6.07) is 16.5. The predicted molar refractivity (Wildman–Crippen MR) is 99.9 cm³/mol. The minimum Gasteiger partial charge on any atom is -0.493 e. The molecule has 25 heavy (non-hydrogen) atoms. The maximum absolute atomic E-state index is 10.7. The zero-order valence-corrected chi connectivity index (χ0v) is 14.6. The summed E-state index contributed by atoms with van der Waals surface area (Å²) in [6.45, 7) is 0.790. The topological polar surface area (TPSA) is 46.5 Å². The van der Waals surface area contributed by atoms with E-state index >= 15 is 0 Å². The van der Waals surface area contributed by atoms with E-state index in [1.165, 1.54) is 25.7 Å². The van der Waals surface area contributed by atoms with Crippen LogP contribution in [-0.4, -0.2) is 17.7 Å². The Morgan fingerprint density at radius 1 is 1.08 bits per heavy atom. The highest BCUT2D eigenvalue weighted by molar-refractivity contribution is 5.71. The normalized spacial score (nSPS) is 14.6. The summed E-state index contributed by atoms with van der Waals surface area (Å²) in [5.74, 6) is 0.874. The predicted octanol–water partition coefficient (Wildman–Crippen LogP) is 5.33. The van der Waals surface area contributed by atoms with Crippen LogP contribution in [0.2, 0.25) is 0 Å². The van der Waals surface area contributed by atoms with Crippen molar-refractivity contribution in [3.8, 4) is 16.9 Å². The van der Waals surface area contributed by atoms with Gasteiger partial charge in [-0.05, 0) is 54.9 Å². The van der Waals surface area contributed by atoms with Gasteiger partial charge in [0.15, 0.2) is 0 Å². The summed E-state index contributed by atoms with van der Waals surface area (Å²) < 4.78 is 6.18. The molecule has 0 radical (unpaired) electrons. The van der Waals surface area contributed by atoms with Gasteiger partial charge in [0.2, 0.25) is 0 Å². The van der Waals surface area contributed by atoms with Crippen LogP contribution >= 0.6 is 0 Å². The fourth-order valence-corrected chi connectivity index (χ4v) is 3.53. The molecule has 1 N–H and O–H groups in total. The number of aliphatic carboxylic acids is 1. The Bertz CT molecular complexity index is 688. The van der Waals surface area contributed by atoms with Crippen LogP contribution < -0.4 is 4.74 Å². The monoisotopic (exact) mass is 338 g/mol. The highest BCUT2D eigenvalue weighted by atomic mass is 16.5. The van der Waals surface area contributed by atoms with Gasteiger partial charge in [0.1, 0.15) is 5.75 Å². The van der Waals surface area contributed by atoms with Crippen molar-refractivity contribution in [3.05, 3.63) is 54.1 Å². The van der Waals surface area contributed by atoms with Gasteiger partial charge in [-0.15, -0.1) is 0 Å². The van der Waals surface area contributed by atoms with Crippen molar-refractivity contribution in [1.29, 1.82) is 0 Å². The van der Waals surface area contributed by atoms with Gasteiger partial charge < -0.3 is 9.84 Å². The molecule has 0 aliphatic heterocycles. The number of benzene rings is 2. The van der Waals surface area contributed by atoms with Crippen LogP contribution in [0.5, 0.6) is 5.75 Å². The van der Waals surface area contributed by atoms with Crippen LogP contribution in [0.15, 0.2) is 48.5 Å². The second-order valence-electron chi connectivity index (χ2n) is 6.91. The molecule has 0 unspecified atom stereocenters. The molecule has 1 aliphatic carbocycles. The first-order chi connectivity index (χ1) is 12.2. The first-order valence-electron chi connectivity index (χ1n) is 9.25. The number of hydrogen-bond donors (Lipinski definition) is 1. The van der Waals surface area contributed by atoms with Gasteiger partial charge in [0, 0.05) is 12.0 Å². The molecule has 132 valence electrons. The molecule has 3 heteroatoms. The summed E-state index contributed by atoms with van der Waals surface area (Å²) >= 11 is 0. The number of carboxylic acids is 1. The summed E-state index contributed by atoms with van der Waals surface area (Å²) in [7, 11) is 0. The molecule has 0 saturated heterocycles. The molecule has 2 aromatic carbocycles. The molecule has 0 heterocycles. The summed E-state index contributed by atoms with van der Waals surface area (Å²) in [5.41, 5.74) is 3.41. The number of hydrogen-bond acceptors (Lipinski definition) is 2. The van der Waals surface area contributed by atoms with Crippen molar-refractivity contribution < 1.29 is 14.6 Å². The van der Waals surface area contributed by atoms with Crippen molar-refractivity contribution in [1.82, 2.24) is 0 Å². The molecule has 2 aromatic rings. The zero-order chi connectivity index (χ0) is 17.5. The van der Waals surface area contributed by atoms with E-state index in [0.717, 1.165) is 35.5 Å². The minimum atomic E-state index is -0.736. The zero-order valence-electron chi connectivity index (χ0n) is 14.6. The highest BCUT2D eigenvalue weighted by Crippen LogP contribution is 2.33. The van der Waals surface area contributed by atoms with Crippen LogP contribution in [0.1, 0.15) is 44.1 Å². The van der Waals surface area contributed by atoms with E-state index in [9.17, 15) is 4.79 Å². The van der Waals surface area contributed by atoms with Gasteiger partial charge >= 0.3 is 5.97 Å². The molecule has 1 fully saturated rings. The molecule has 0 bridgehead atoms. The lowest BCUT2D eigenvalue weighted by molar-refractivity contribution is -0.137. The standard InChI is InChI=1S/C22H26O3/c23-22(24)12-6-9-17-13-14-21(25-16-18-7-4-5-8-18)20(15-17)19-10-2-1-3-11-19/h1-3,10-11,13-15,18H,4-9,12,16H2,(H,23,24). The number of carboxylic acid groups (broad SMARTS) is 1.